The zero-order chi connectivity index (χ0) is 21.4. The summed E-state index contributed by atoms with van der Waals surface area (Å²) in [4.78, 5) is 10.8. The summed E-state index contributed by atoms with van der Waals surface area (Å²) in [6.45, 7) is 0.203. The average Bonchev–Trinajstić information content (AvgIpc) is 3.46. The predicted octanol–water partition coefficient (Wildman–Crippen LogP) is 2.27. The molecular formula is C22H25FN6O2. The van der Waals surface area contributed by atoms with Crippen LogP contribution in [0.3, 0.4) is 0 Å². The fourth-order valence-electron chi connectivity index (χ4n) is 4.78. The number of piperidine rings is 1. The number of aliphatic hydroxyl groups excluding tert-OH is 1. The number of aliphatic hydroxyl groups is 1. The molecular weight excluding hydrogens is 399 g/mol. The predicted molar refractivity (Wildman–Crippen MR) is 114 cm³/mol. The highest BCUT2D eigenvalue weighted by Crippen LogP contribution is 2.35. The Bertz CT molecular complexity index is 1030. The molecule has 0 amide bonds. The van der Waals surface area contributed by atoms with Gasteiger partial charge in [-0.3, -0.25) is 10.1 Å². The van der Waals surface area contributed by atoms with Crippen LogP contribution in [-0.4, -0.2) is 67.8 Å². The number of aromatic amines is 1. The van der Waals surface area contributed by atoms with Gasteiger partial charge in [-0.2, -0.15) is 5.10 Å². The molecule has 0 unspecified atom stereocenters. The first-order chi connectivity index (χ1) is 15.1. The van der Waals surface area contributed by atoms with Gasteiger partial charge in [0.2, 0.25) is 0 Å². The summed E-state index contributed by atoms with van der Waals surface area (Å²) in [6, 6.07) is 5.16. The fraction of sp³-hybridized carbons (Fsp3) is 0.409. The maximum atomic E-state index is 15.1. The number of fused-ring (bicyclic) bond motifs is 2. The molecule has 3 aromatic rings. The first-order valence-electron chi connectivity index (χ1n) is 10.6. The first-order valence-corrected chi connectivity index (χ1v) is 10.6. The molecule has 8 nitrogen and oxygen atoms in total. The van der Waals surface area contributed by atoms with Gasteiger partial charge >= 0.3 is 0 Å². The van der Waals surface area contributed by atoms with Crippen LogP contribution < -0.4 is 10.2 Å². The third kappa shape index (κ3) is 3.75. The molecule has 9 heteroatoms. The largest absolute Gasteiger partial charge is 0.507 e. The van der Waals surface area contributed by atoms with E-state index < -0.39 is 6.17 Å². The number of phenolic OH excluding ortho intramolecular Hbond substituents is 1. The Morgan fingerprint density at radius 2 is 2.03 bits per heavy atom. The molecule has 4 N–H and O–H groups in total. The Labute approximate surface area is 179 Å². The van der Waals surface area contributed by atoms with E-state index in [0.717, 1.165) is 24.0 Å². The summed E-state index contributed by atoms with van der Waals surface area (Å²) in [6.07, 6.45) is 8.08. The number of anilines is 1. The van der Waals surface area contributed by atoms with Gasteiger partial charge in [-0.1, -0.05) is 6.07 Å². The molecule has 0 aliphatic carbocycles. The first kappa shape index (κ1) is 19.9. The Morgan fingerprint density at radius 1 is 1.13 bits per heavy atom. The summed E-state index contributed by atoms with van der Waals surface area (Å²) in [5.74, 6) is 0.618. The minimum absolute atomic E-state index is 0.0896. The maximum absolute atomic E-state index is 15.1. The summed E-state index contributed by atoms with van der Waals surface area (Å²) in [7, 11) is 0. The molecule has 31 heavy (non-hydrogen) atoms. The van der Waals surface area contributed by atoms with Gasteiger partial charge in [0.25, 0.3) is 0 Å². The number of hydrogen-bond acceptors (Lipinski definition) is 7. The number of benzene rings is 1. The second-order valence-electron chi connectivity index (χ2n) is 8.19. The number of aromatic hydroxyl groups is 1. The Kier molecular flexibility index (Phi) is 5.29. The second kappa shape index (κ2) is 8.24. The number of nitrogens with zero attached hydrogens (tertiary/aromatic N) is 4. The highest BCUT2D eigenvalue weighted by molar-refractivity contribution is 5.73. The quantitative estimate of drug-likeness (QED) is 0.480. The number of hydrogen-bond donors (Lipinski definition) is 4. The average molecular weight is 424 g/mol. The molecule has 2 aliphatic heterocycles. The van der Waals surface area contributed by atoms with Crippen molar-refractivity contribution in [3.63, 3.8) is 0 Å². The van der Waals surface area contributed by atoms with Crippen molar-refractivity contribution in [3.8, 4) is 28.1 Å². The molecule has 0 spiro atoms. The van der Waals surface area contributed by atoms with Crippen molar-refractivity contribution in [1.82, 2.24) is 25.5 Å². The van der Waals surface area contributed by atoms with Crippen LogP contribution in [0.25, 0.3) is 22.4 Å². The lowest BCUT2D eigenvalue weighted by Crippen LogP contribution is -2.57. The zero-order valence-electron chi connectivity index (χ0n) is 16.9. The standard InChI is InChI=1S/C22H25FN6O2/c23-22-17-4-2-15(28-17)8-19(22)29(5-6-30)21-12-24-18(11-25-21)16-3-1-13(7-20(16)31)14-9-26-27-10-14/h1,3,7,9-12,15,17,19,22,28,30-31H,2,4-6,8H2,(H,26,27)/t15-,17+,19-,22+/m0/s1. The molecule has 2 aromatic heterocycles. The molecule has 4 atom stereocenters. The van der Waals surface area contributed by atoms with Crippen LogP contribution in [0.5, 0.6) is 5.75 Å². The van der Waals surface area contributed by atoms with E-state index in [2.05, 4.69) is 25.5 Å². The molecule has 2 fully saturated rings. The normalized spacial score (nSPS) is 25.0. The molecule has 1 aromatic carbocycles. The smallest absolute Gasteiger partial charge is 0.147 e. The van der Waals surface area contributed by atoms with E-state index in [1.807, 2.05) is 11.0 Å². The molecule has 2 aliphatic rings. The molecule has 2 bridgehead atoms. The monoisotopic (exact) mass is 424 g/mol. The van der Waals surface area contributed by atoms with Crippen molar-refractivity contribution in [2.75, 3.05) is 18.1 Å². The highest BCUT2D eigenvalue weighted by Gasteiger charge is 2.44. The number of halogens is 1. The molecule has 5 rings (SSSR count). The molecule has 4 heterocycles. The number of rotatable bonds is 6. The Balaban J connectivity index is 1.39. The van der Waals surface area contributed by atoms with E-state index in [0.29, 0.717) is 36.1 Å². The molecule has 162 valence electrons. The van der Waals surface area contributed by atoms with Gasteiger partial charge in [-0.05, 0) is 37.0 Å². The van der Waals surface area contributed by atoms with Gasteiger partial charge in [-0.25, -0.2) is 9.37 Å². The minimum Gasteiger partial charge on any atom is -0.507 e. The van der Waals surface area contributed by atoms with E-state index in [1.165, 1.54) is 0 Å². The number of alkyl halides is 1. The summed E-state index contributed by atoms with van der Waals surface area (Å²) < 4.78 is 15.1. The maximum Gasteiger partial charge on any atom is 0.147 e. The van der Waals surface area contributed by atoms with Crippen molar-refractivity contribution in [2.45, 2.75) is 43.6 Å². The van der Waals surface area contributed by atoms with Crippen LogP contribution >= 0.6 is 0 Å². The number of aromatic nitrogens is 4. The third-order valence-corrected chi connectivity index (χ3v) is 6.33. The van der Waals surface area contributed by atoms with Crippen molar-refractivity contribution in [1.29, 1.82) is 0 Å². The molecule has 0 radical (unpaired) electrons. The third-order valence-electron chi connectivity index (χ3n) is 6.33. The van der Waals surface area contributed by atoms with Crippen molar-refractivity contribution in [2.24, 2.45) is 0 Å². The lowest BCUT2D eigenvalue weighted by Gasteiger charge is -2.40. The number of H-pyrrole nitrogens is 1. The molecule has 0 saturated carbocycles. The van der Waals surface area contributed by atoms with Crippen LogP contribution in [0.1, 0.15) is 19.3 Å². The Morgan fingerprint density at radius 3 is 2.74 bits per heavy atom. The van der Waals surface area contributed by atoms with Crippen molar-refractivity contribution in [3.05, 3.63) is 43.0 Å². The summed E-state index contributed by atoms with van der Waals surface area (Å²) >= 11 is 0. The van der Waals surface area contributed by atoms with Gasteiger partial charge in [0.15, 0.2) is 0 Å². The fourth-order valence-corrected chi connectivity index (χ4v) is 4.78. The highest BCUT2D eigenvalue weighted by atomic mass is 19.1. The SMILES string of the molecule is OCCN(c1cnc(-c2ccc(-c3cn[nH]c3)cc2O)cn1)[C@H]1C[C@@H]2CC[C@@H](N2)[C@H]1F. The van der Waals surface area contributed by atoms with E-state index in [4.69, 9.17) is 0 Å². The van der Waals surface area contributed by atoms with Gasteiger partial charge < -0.3 is 20.4 Å². The van der Waals surface area contributed by atoms with E-state index in [-0.39, 0.29) is 24.4 Å². The van der Waals surface area contributed by atoms with Crippen molar-refractivity contribution >= 4 is 5.82 Å². The molecule has 2 saturated heterocycles. The topological polar surface area (TPSA) is 110 Å². The van der Waals surface area contributed by atoms with Gasteiger partial charge in [-0.15, -0.1) is 0 Å². The lowest BCUT2D eigenvalue weighted by molar-refractivity contribution is 0.167. The number of phenols is 1. The lowest BCUT2D eigenvalue weighted by atomic mass is 9.96. The van der Waals surface area contributed by atoms with Crippen LogP contribution in [0.15, 0.2) is 43.0 Å². The van der Waals surface area contributed by atoms with Crippen LogP contribution in [0, 0.1) is 0 Å². The van der Waals surface area contributed by atoms with Crippen molar-refractivity contribution < 1.29 is 14.6 Å². The van der Waals surface area contributed by atoms with Crippen LogP contribution in [0.2, 0.25) is 0 Å². The van der Waals surface area contributed by atoms with Crippen LogP contribution in [0.4, 0.5) is 10.2 Å². The van der Waals surface area contributed by atoms with Gasteiger partial charge in [0.05, 0.1) is 36.9 Å². The zero-order valence-corrected chi connectivity index (χ0v) is 16.9. The van der Waals surface area contributed by atoms with Crippen LogP contribution in [-0.2, 0) is 0 Å². The van der Waals surface area contributed by atoms with E-state index in [1.54, 1.807) is 36.9 Å². The van der Waals surface area contributed by atoms with E-state index in [9.17, 15) is 10.2 Å². The van der Waals surface area contributed by atoms with Gasteiger partial charge in [0.1, 0.15) is 17.7 Å². The summed E-state index contributed by atoms with van der Waals surface area (Å²) in [5.41, 5.74) is 2.79. The number of nitrogens with one attached hydrogen (secondary N) is 2. The summed E-state index contributed by atoms with van der Waals surface area (Å²) in [5, 5.41) is 30.1. The Hall–Kier alpha value is -3.04. The second-order valence-corrected chi connectivity index (χ2v) is 8.19. The minimum atomic E-state index is -1.02. The van der Waals surface area contributed by atoms with Gasteiger partial charge in [0, 0.05) is 36.0 Å². The van der Waals surface area contributed by atoms with E-state index >= 15 is 4.39 Å².